The van der Waals surface area contributed by atoms with Crippen LogP contribution in [0.2, 0.25) is 5.15 Å². The first-order valence-corrected chi connectivity index (χ1v) is 4.55. The summed E-state index contributed by atoms with van der Waals surface area (Å²) in [4.78, 5) is 3.08. The minimum absolute atomic E-state index is 0.251. The molecule has 1 heterocycles. The maximum Gasteiger partial charge on any atom is 0.574 e. The molecule has 2 N–H and O–H groups in total. The summed E-state index contributed by atoms with van der Waals surface area (Å²) in [6.45, 7) is -0.407. The average molecular weight is 277 g/mol. The first-order chi connectivity index (χ1) is 7.74. The summed E-state index contributed by atoms with van der Waals surface area (Å²) in [6, 6.07) is 0.965. The number of nitrogens with zero attached hydrogens (tertiary/aromatic N) is 1. The van der Waals surface area contributed by atoms with Crippen molar-refractivity contribution in [2.24, 2.45) is 5.73 Å². The molecule has 0 aliphatic rings. The number of ether oxygens (including phenoxy) is 1. The Morgan fingerprint density at radius 3 is 2.41 bits per heavy atom. The SMILES string of the molecule is NCc1cc(Cl)nc(OC(F)(F)F)c1C(F)F. The molecule has 3 nitrogen and oxygen atoms in total. The molecule has 0 spiro atoms. The van der Waals surface area contributed by atoms with E-state index in [0.29, 0.717) is 0 Å². The third-order valence-electron chi connectivity index (χ3n) is 1.73. The normalized spacial score (nSPS) is 12.0. The molecule has 0 amide bonds. The molecule has 0 fully saturated rings. The van der Waals surface area contributed by atoms with Gasteiger partial charge in [-0.1, -0.05) is 11.6 Å². The number of nitrogens with two attached hydrogens (primary N) is 1. The van der Waals surface area contributed by atoms with Gasteiger partial charge in [0.05, 0.1) is 5.56 Å². The van der Waals surface area contributed by atoms with Gasteiger partial charge in [-0.15, -0.1) is 13.2 Å². The topological polar surface area (TPSA) is 48.1 Å². The molecule has 0 atom stereocenters. The van der Waals surface area contributed by atoms with Crippen LogP contribution in [0, 0.1) is 0 Å². The van der Waals surface area contributed by atoms with Gasteiger partial charge in [-0.05, 0) is 11.6 Å². The molecule has 0 bridgehead atoms. The van der Waals surface area contributed by atoms with Crippen molar-refractivity contribution in [2.45, 2.75) is 19.3 Å². The lowest BCUT2D eigenvalue weighted by molar-refractivity contribution is -0.276. The van der Waals surface area contributed by atoms with Crippen LogP contribution in [0.25, 0.3) is 0 Å². The molecule has 0 aliphatic carbocycles. The molecule has 0 radical (unpaired) electrons. The summed E-state index contributed by atoms with van der Waals surface area (Å²) in [6.07, 6.45) is -8.33. The second-order valence-corrected chi connectivity index (χ2v) is 3.26. The third kappa shape index (κ3) is 3.67. The van der Waals surface area contributed by atoms with E-state index in [4.69, 9.17) is 17.3 Å². The highest BCUT2D eigenvalue weighted by Gasteiger charge is 2.35. The molecule has 0 aromatic carbocycles. The Balaban J connectivity index is 3.30. The van der Waals surface area contributed by atoms with E-state index >= 15 is 0 Å². The third-order valence-corrected chi connectivity index (χ3v) is 1.92. The molecular formula is C8H6ClF5N2O. The number of halogens is 6. The first kappa shape index (κ1) is 13.9. The Hall–Kier alpha value is -1.15. The van der Waals surface area contributed by atoms with Gasteiger partial charge in [0.2, 0.25) is 5.88 Å². The van der Waals surface area contributed by atoms with Crippen molar-refractivity contribution in [3.8, 4) is 5.88 Å². The second-order valence-electron chi connectivity index (χ2n) is 2.88. The van der Waals surface area contributed by atoms with E-state index in [-0.39, 0.29) is 5.56 Å². The lowest BCUT2D eigenvalue weighted by Crippen LogP contribution is -2.20. The van der Waals surface area contributed by atoms with Crippen LogP contribution < -0.4 is 10.5 Å². The van der Waals surface area contributed by atoms with Crippen molar-refractivity contribution in [3.05, 3.63) is 22.3 Å². The Bertz CT molecular complexity index is 410. The summed E-state index contributed by atoms with van der Waals surface area (Å²) in [7, 11) is 0. The quantitative estimate of drug-likeness (QED) is 0.682. The van der Waals surface area contributed by atoms with E-state index in [9.17, 15) is 22.0 Å². The van der Waals surface area contributed by atoms with E-state index in [0.717, 1.165) is 6.07 Å². The maximum absolute atomic E-state index is 12.6. The largest absolute Gasteiger partial charge is 0.574 e. The fourth-order valence-corrected chi connectivity index (χ4v) is 1.35. The number of alkyl halides is 5. The van der Waals surface area contributed by atoms with Crippen molar-refractivity contribution in [2.75, 3.05) is 0 Å². The van der Waals surface area contributed by atoms with Gasteiger partial charge >= 0.3 is 6.36 Å². The van der Waals surface area contributed by atoms with Gasteiger partial charge in [0, 0.05) is 6.54 Å². The van der Waals surface area contributed by atoms with Gasteiger partial charge in [-0.25, -0.2) is 13.8 Å². The zero-order chi connectivity index (χ0) is 13.2. The van der Waals surface area contributed by atoms with E-state index in [2.05, 4.69) is 9.72 Å². The molecule has 9 heteroatoms. The molecule has 1 aromatic heterocycles. The highest BCUT2D eigenvalue weighted by molar-refractivity contribution is 6.29. The number of pyridine rings is 1. The van der Waals surface area contributed by atoms with E-state index < -0.39 is 35.9 Å². The highest BCUT2D eigenvalue weighted by Crippen LogP contribution is 2.35. The average Bonchev–Trinajstić information content (AvgIpc) is 2.12. The standard InChI is InChI=1S/C8H6ClF5N2O/c9-4-1-3(2-15)5(6(10)11)7(16-4)17-8(12,13)14/h1,6H,2,15H2. The minimum Gasteiger partial charge on any atom is -0.387 e. The van der Waals surface area contributed by atoms with E-state index in [1.807, 2.05) is 0 Å². The van der Waals surface area contributed by atoms with Crippen LogP contribution in [0.4, 0.5) is 22.0 Å². The van der Waals surface area contributed by atoms with Gasteiger partial charge in [0.1, 0.15) is 5.15 Å². The maximum atomic E-state index is 12.6. The Labute approximate surface area is 97.3 Å². The Kier molecular flexibility index (Phi) is 4.10. The first-order valence-electron chi connectivity index (χ1n) is 4.18. The number of hydrogen-bond donors (Lipinski definition) is 1. The van der Waals surface area contributed by atoms with Crippen molar-refractivity contribution in [3.63, 3.8) is 0 Å². The zero-order valence-corrected chi connectivity index (χ0v) is 8.82. The molecule has 0 aliphatic heterocycles. The van der Waals surface area contributed by atoms with Crippen LogP contribution in [-0.4, -0.2) is 11.3 Å². The highest BCUT2D eigenvalue weighted by atomic mass is 35.5. The molecule has 0 saturated carbocycles. The smallest absolute Gasteiger partial charge is 0.387 e. The number of rotatable bonds is 3. The molecule has 1 aromatic rings. The van der Waals surface area contributed by atoms with Crippen LogP contribution in [0.3, 0.4) is 0 Å². The van der Waals surface area contributed by atoms with E-state index in [1.54, 1.807) is 0 Å². The lowest BCUT2D eigenvalue weighted by Gasteiger charge is -2.14. The zero-order valence-electron chi connectivity index (χ0n) is 8.06. The van der Waals surface area contributed by atoms with Gasteiger partial charge < -0.3 is 10.5 Å². The number of hydrogen-bond acceptors (Lipinski definition) is 3. The second kappa shape index (κ2) is 5.01. The molecule has 96 valence electrons. The van der Waals surface area contributed by atoms with Gasteiger partial charge in [-0.3, -0.25) is 0 Å². The summed E-state index contributed by atoms with van der Waals surface area (Å²) >= 11 is 5.38. The van der Waals surface area contributed by atoms with Crippen LogP contribution in [0.1, 0.15) is 17.6 Å². The van der Waals surface area contributed by atoms with Gasteiger partial charge in [0.25, 0.3) is 6.43 Å². The van der Waals surface area contributed by atoms with Crippen molar-refractivity contribution in [1.82, 2.24) is 4.98 Å². The Morgan fingerprint density at radius 2 is 2.00 bits per heavy atom. The molecular weight excluding hydrogens is 271 g/mol. The Morgan fingerprint density at radius 1 is 1.41 bits per heavy atom. The summed E-state index contributed by atoms with van der Waals surface area (Å²) in [5.74, 6) is -1.28. The minimum atomic E-state index is -5.13. The summed E-state index contributed by atoms with van der Waals surface area (Å²) in [5, 5.41) is -0.408. The van der Waals surface area contributed by atoms with Crippen LogP contribution in [0.5, 0.6) is 5.88 Å². The predicted molar refractivity (Wildman–Crippen MR) is 48.8 cm³/mol. The summed E-state index contributed by atoms with van der Waals surface area (Å²) < 4.78 is 64.5. The lowest BCUT2D eigenvalue weighted by atomic mass is 10.1. The molecule has 0 saturated heterocycles. The van der Waals surface area contributed by atoms with Crippen LogP contribution in [0.15, 0.2) is 6.07 Å². The van der Waals surface area contributed by atoms with Gasteiger partial charge in [-0.2, -0.15) is 0 Å². The van der Waals surface area contributed by atoms with Gasteiger partial charge in [0.15, 0.2) is 0 Å². The van der Waals surface area contributed by atoms with Crippen molar-refractivity contribution in [1.29, 1.82) is 0 Å². The van der Waals surface area contributed by atoms with Crippen molar-refractivity contribution < 1.29 is 26.7 Å². The monoisotopic (exact) mass is 276 g/mol. The molecule has 0 unspecified atom stereocenters. The fourth-order valence-electron chi connectivity index (χ4n) is 1.14. The number of aromatic nitrogens is 1. The van der Waals surface area contributed by atoms with Crippen molar-refractivity contribution >= 4 is 11.6 Å². The molecule has 17 heavy (non-hydrogen) atoms. The van der Waals surface area contributed by atoms with Crippen LogP contribution >= 0.6 is 11.6 Å². The molecule has 1 rings (SSSR count). The summed E-state index contributed by atoms with van der Waals surface area (Å²) in [5.41, 5.74) is 3.88. The predicted octanol–water partition coefficient (Wildman–Crippen LogP) is 3.03. The van der Waals surface area contributed by atoms with E-state index in [1.165, 1.54) is 0 Å². The van der Waals surface area contributed by atoms with Crippen LogP contribution in [-0.2, 0) is 6.54 Å². The fraction of sp³-hybridized carbons (Fsp3) is 0.375.